The van der Waals surface area contributed by atoms with Gasteiger partial charge in [0.1, 0.15) is 5.60 Å². The zero-order valence-corrected chi connectivity index (χ0v) is 15.7. The molecule has 2 rings (SSSR count). The highest BCUT2D eigenvalue weighted by Gasteiger charge is 2.29. The molecule has 0 bridgehead atoms. The van der Waals surface area contributed by atoms with E-state index in [-0.39, 0.29) is 18.2 Å². The van der Waals surface area contributed by atoms with Gasteiger partial charge in [-0.1, -0.05) is 40.9 Å². The first-order chi connectivity index (χ1) is 10.8. The lowest BCUT2D eigenvalue weighted by atomic mass is 9.92. The monoisotopic (exact) mass is 383 g/mol. The van der Waals surface area contributed by atoms with Gasteiger partial charge in [0.2, 0.25) is 0 Å². The fourth-order valence-electron chi connectivity index (χ4n) is 2.70. The number of rotatable bonds is 4. The maximum absolute atomic E-state index is 12.0. The number of hydrogen-bond acceptors (Lipinski definition) is 3. The number of benzene rings is 1. The Balaban J connectivity index is 1.87. The molecule has 1 saturated carbocycles. The number of carbonyl (C=O) groups is 1. The Bertz CT molecular complexity index is 510. The molecule has 1 aliphatic rings. The van der Waals surface area contributed by atoms with Crippen molar-refractivity contribution >= 4 is 22.0 Å². The summed E-state index contributed by atoms with van der Waals surface area (Å²) in [6.07, 6.45) is 3.83. The van der Waals surface area contributed by atoms with Crippen molar-refractivity contribution in [1.82, 2.24) is 5.32 Å². The van der Waals surface area contributed by atoms with Crippen molar-refractivity contribution < 1.29 is 14.3 Å². The second-order valence-electron chi connectivity index (χ2n) is 7.01. The largest absolute Gasteiger partial charge is 0.444 e. The van der Waals surface area contributed by atoms with E-state index >= 15 is 0 Å². The van der Waals surface area contributed by atoms with E-state index in [2.05, 4.69) is 21.2 Å². The van der Waals surface area contributed by atoms with Crippen molar-refractivity contribution in [2.45, 2.75) is 70.8 Å². The van der Waals surface area contributed by atoms with Crippen LogP contribution in [0.4, 0.5) is 4.79 Å². The van der Waals surface area contributed by atoms with E-state index < -0.39 is 5.60 Å². The smallest absolute Gasteiger partial charge is 0.407 e. The molecule has 1 N–H and O–H groups in total. The van der Waals surface area contributed by atoms with Gasteiger partial charge in [-0.05, 0) is 51.3 Å². The molecule has 0 aliphatic heterocycles. The fourth-order valence-corrected chi connectivity index (χ4v) is 2.97. The first-order valence-corrected chi connectivity index (χ1v) is 8.98. The number of carbonyl (C=O) groups excluding carboxylic acids is 1. The summed E-state index contributed by atoms with van der Waals surface area (Å²) in [6, 6.07) is 8.13. The van der Waals surface area contributed by atoms with Crippen molar-refractivity contribution in [1.29, 1.82) is 0 Å². The second kappa shape index (κ2) is 8.15. The molecule has 1 fully saturated rings. The molecule has 0 saturated heterocycles. The molecule has 0 radical (unpaired) electrons. The average Bonchev–Trinajstić information content (AvgIpc) is 2.46. The minimum absolute atomic E-state index is 0.0223. The van der Waals surface area contributed by atoms with Crippen LogP contribution in [0.1, 0.15) is 52.0 Å². The number of hydrogen-bond donors (Lipinski definition) is 1. The Morgan fingerprint density at radius 2 is 1.87 bits per heavy atom. The Hall–Kier alpha value is -1.07. The predicted octanol–water partition coefficient (Wildman–Crippen LogP) is 4.80. The van der Waals surface area contributed by atoms with Gasteiger partial charge in [0.15, 0.2) is 0 Å². The van der Waals surface area contributed by atoms with Gasteiger partial charge in [-0.2, -0.15) is 0 Å². The lowest BCUT2D eigenvalue weighted by Crippen LogP contribution is -2.47. The highest BCUT2D eigenvalue weighted by Crippen LogP contribution is 2.23. The number of alkyl carbamates (subject to hydrolysis) is 1. The van der Waals surface area contributed by atoms with E-state index in [9.17, 15) is 4.79 Å². The molecule has 128 valence electrons. The van der Waals surface area contributed by atoms with Gasteiger partial charge in [0, 0.05) is 4.47 Å². The standard InChI is InChI=1S/C18H26BrNO3/c1-18(2,3)23-17(21)20-15-6-4-5-7-16(15)22-12-13-8-10-14(19)11-9-13/h8-11,15-16H,4-7,12H2,1-3H3,(H,20,21). The van der Waals surface area contributed by atoms with Crippen LogP contribution in [0, 0.1) is 0 Å². The molecule has 0 heterocycles. The number of amides is 1. The van der Waals surface area contributed by atoms with Crippen LogP contribution in [0.3, 0.4) is 0 Å². The summed E-state index contributed by atoms with van der Waals surface area (Å²) in [7, 11) is 0. The van der Waals surface area contributed by atoms with Gasteiger partial charge in [0.05, 0.1) is 18.8 Å². The van der Waals surface area contributed by atoms with Crippen molar-refractivity contribution in [2.24, 2.45) is 0 Å². The van der Waals surface area contributed by atoms with E-state index in [1.807, 2.05) is 45.0 Å². The molecule has 1 aromatic carbocycles. The zero-order chi connectivity index (χ0) is 16.9. The normalized spacial score (nSPS) is 21.7. The molecule has 1 amide bonds. The van der Waals surface area contributed by atoms with Crippen LogP contribution >= 0.6 is 15.9 Å². The van der Waals surface area contributed by atoms with Crippen LogP contribution < -0.4 is 5.32 Å². The summed E-state index contributed by atoms with van der Waals surface area (Å²) >= 11 is 3.43. The van der Waals surface area contributed by atoms with Gasteiger partial charge >= 0.3 is 6.09 Å². The Morgan fingerprint density at radius 3 is 2.52 bits per heavy atom. The van der Waals surface area contributed by atoms with E-state index in [1.54, 1.807) is 0 Å². The topological polar surface area (TPSA) is 47.6 Å². The van der Waals surface area contributed by atoms with Crippen molar-refractivity contribution in [3.8, 4) is 0 Å². The molecule has 1 aromatic rings. The third-order valence-electron chi connectivity index (χ3n) is 3.78. The van der Waals surface area contributed by atoms with E-state index in [4.69, 9.17) is 9.47 Å². The summed E-state index contributed by atoms with van der Waals surface area (Å²) in [5.74, 6) is 0. The quantitative estimate of drug-likeness (QED) is 0.811. The van der Waals surface area contributed by atoms with E-state index in [0.29, 0.717) is 6.61 Å². The molecular weight excluding hydrogens is 358 g/mol. The van der Waals surface area contributed by atoms with Crippen LogP contribution in [-0.2, 0) is 16.1 Å². The summed E-state index contributed by atoms with van der Waals surface area (Å²) in [4.78, 5) is 12.0. The maximum Gasteiger partial charge on any atom is 0.407 e. The van der Waals surface area contributed by atoms with Crippen LogP contribution in [0.15, 0.2) is 28.7 Å². The van der Waals surface area contributed by atoms with Crippen LogP contribution in [0.2, 0.25) is 0 Å². The minimum Gasteiger partial charge on any atom is -0.444 e. The van der Waals surface area contributed by atoms with Gasteiger partial charge in [-0.3, -0.25) is 0 Å². The summed E-state index contributed by atoms with van der Waals surface area (Å²) < 4.78 is 12.5. The Labute approximate surface area is 147 Å². The second-order valence-corrected chi connectivity index (χ2v) is 7.93. The van der Waals surface area contributed by atoms with Gasteiger partial charge in [-0.15, -0.1) is 0 Å². The molecule has 0 aromatic heterocycles. The lowest BCUT2D eigenvalue weighted by Gasteiger charge is -2.32. The van der Waals surface area contributed by atoms with Gasteiger partial charge in [0.25, 0.3) is 0 Å². The Morgan fingerprint density at radius 1 is 1.22 bits per heavy atom. The van der Waals surface area contributed by atoms with E-state index in [1.165, 1.54) is 0 Å². The van der Waals surface area contributed by atoms with Crippen LogP contribution in [0.5, 0.6) is 0 Å². The van der Waals surface area contributed by atoms with Crippen molar-refractivity contribution in [2.75, 3.05) is 0 Å². The molecule has 4 nitrogen and oxygen atoms in total. The molecular formula is C18H26BrNO3. The first kappa shape index (κ1) is 18.3. The minimum atomic E-state index is -0.480. The number of ether oxygens (including phenoxy) is 2. The maximum atomic E-state index is 12.0. The number of halogens is 1. The van der Waals surface area contributed by atoms with Crippen LogP contribution in [-0.4, -0.2) is 23.8 Å². The zero-order valence-electron chi connectivity index (χ0n) is 14.1. The summed E-state index contributed by atoms with van der Waals surface area (Å²) in [6.45, 7) is 6.17. The number of nitrogens with one attached hydrogen (secondary N) is 1. The molecule has 2 unspecified atom stereocenters. The van der Waals surface area contributed by atoms with Crippen LogP contribution in [0.25, 0.3) is 0 Å². The molecule has 0 spiro atoms. The molecule has 1 aliphatic carbocycles. The lowest BCUT2D eigenvalue weighted by molar-refractivity contribution is -0.0113. The fraction of sp³-hybridized carbons (Fsp3) is 0.611. The average molecular weight is 384 g/mol. The van der Waals surface area contributed by atoms with Gasteiger partial charge < -0.3 is 14.8 Å². The third kappa shape index (κ3) is 6.51. The van der Waals surface area contributed by atoms with E-state index in [0.717, 1.165) is 35.7 Å². The third-order valence-corrected chi connectivity index (χ3v) is 4.31. The summed E-state index contributed by atoms with van der Waals surface area (Å²) in [5, 5.41) is 2.98. The van der Waals surface area contributed by atoms with Gasteiger partial charge in [-0.25, -0.2) is 4.79 Å². The highest BCUT2D eigenvalue weighted by atomic mass is 79.9. The highest BCUT2D eigenvalue weighted by molar-refractivity contribution is 9.10. The summed E-state index contributed by atoms with van der Waals surface area (Å²) in [5.41, 5.74) is 0.654. The van der Waals surface area contributed by atoms with Crippen molar-refractivity contribution in [3.05, 3.63) is 34.3 Å². The SMILES string of the molecule is CC(C)(C)OC(=O)NC1CCCCC1OCc1ccc(Br)cc1. The molecule has 2 atom stereocenters. The molecule has 23 heavy (non-hydrogen) atoms. The molecule has 5 heteroatoms. The Kier molecular flexibility index (Phi) is 6.48. The van der Waals surface area contributed by atoms with Crippen molar-refractivity contribution in [3.63, 3.8) is 0 Å². The predicted molar refractivity (Wildman–Crippen MR) is 94.3 cm³/mol. The first-order valence-electron chi connectivity index (χ1n) is 8.19.